The standard InChI is InChI=1S/C16H17BrClN/c1-2-19-16(10-12-6-4-3-5-7-12)13-8-9-15(18)14(17)11-13/h3-9,11,16,19H,2,10H2,1H3. The van der Waals surface area contributed by atoms with Crippen LogP contribution in [0.25, 0.3) is 0 Å². The van der Waals surface area contributed by atoms with E-state index in [0.717, 1.165) is 22.5 Å². The molecule has 0 amide bonds. The molecule has 0 fully saturated rings. The normalized spacial score (nSPS) is 12.4. The van der Waals surface area contributed by atoms with E-state index < -0.39 is 0 Å². The Hall–Kier alpha value is -0.830. The van der Waals surface area contributed by atoms with Crippen LogP contribution in [0.3, 0.4) is 0 Å². The molecule has 100 valence electrons. The Morgan fingerprint density at radius 3 is 2.53 bits per heavy atom. The number of benzene rings is 2. The highest BCUT2D eigenvalue weighted by Crippen LogP contribution is 2.27. The van der Waals surface area contributed by atoms with Crippen LogP contribution < -0.4 is 5.32 Å². The van der Waals surface area contributed by atoms with Crippen molar-refractivity contribution in [2.24, 2.45) is 0 Å². The van der Waals surface area contributed by atoms with Crippen molar-refractivity contribution in [3.05, 3.63) is 69.2 Å². The summed E-state index contributed by atoms with van der Waals surface area (Å²) in [6, 6.07) is 17.0. The second kappa shape index (κ2) is 7.09. The molecule has 2 aromatic rings. The van der Waals surface area contributed by atoms with Gasteiger partial charge in [0.25, 0.3) is 0 Å². The monoisotopic (exact) mass is 337 g/mol. The molecule has 2 aromatic carbocycles. The number of hydrogen-bond acceptors (Lipinski definition) is 1. The average molecular weight is 339 g/mol. The zero-order chi connectivity index (χ0) is 13.7. The SMILES string of the molecule is CCNC(Cc1ccccc1)c1ccc(Cl)c(Br)c1. The lowest BCUT2D eigenvalue weighted by atomic mass is 9.99. The molecule has 1 N–H and O–H groups in total. The Kier molecular flexibility index (Phi) is 5.44. The Morgan fingerprint density at radius 1 is 1.16 bits per heavy atom. The second-order valence-corrected chi connectivity index (χ2v) is 5.74. The predicted molar refractivity (Wildman–Crippen MR) is 85.7 cm³/mol. The molecule has 0 saturated carbocycles. The lowest BCUT2D eigenvalue weighted by Crippen LogP contribution is -2.22. The molecule has 0 bridgehead atoms. The van der Waals surface area contributed by atoms with E-state index in [1.165, 1.54) is 11.1 Å². The molecule has 1 nitrogen and oxygen atoms in total. The van der Waals surface area contributed by atoms with E-state index in [9.17, 15) is 0 Å². The fourth-order valence-electron chi connectivity index (χ4n) is 2.13. The summed E-state index contributed by atoms with van der Waals surface area (Å²) in [5, 5.41) is 4.28. The maximum absolute atomic E-state index is 6.06. The van der Waals surface area contributed by atoms with Gasteiger partial charge in [0.05, 0.1) is 5.02 Å². The van der Waals surface area contributed by atoms with E-state index in [4.69, 9.17) is 11.6 Å². The quantitative estimate of drug-likeness (QED) is 0.809. The van der Waals surface area contributed by atoms with E-state index in [-0.39, 0.29) is 0 Å². The largest absolute Gasteiger partial charge is 0.310 e. The van der Waals surface area contributed by atoms with Gasteiger partial charge >= 0.3 is 0 Å². The number of hydrogen-bond donors (Lipinski definition) is 1. The Labute approximate surface area is 128 Å². The minimum atomic E-state index is 0.306. The van der Waals surface area contributed by atoms with Gasteiger partial charge in [0.1, 0.15) is 0 Å². The van der Waals surface area contributed by atoms with Crippen molar-refractivity contribution in [3.8, 4) is 0 Å². The first-order chi connectivity index (χ1) is 9.20. The Morgan fingerprint density at radius 2 is 1.89 bits per heavy atom. The summed E-state index contributed by atoms with van der Waals surface area (Å²) in [4.78, 5) is 0. The molecule has 0 aliphatic heterocycles. The second-order valence-electron chi connectivity index (χ2n) is 4.47. The zero-order valence-electron chi connectivity index (χ0n) is 10.9. The molecule has 0 aliphatic rings. The van der Waals surface area contributed by atoms with Crippen molar-refractivity contribution in [2.45, 2.75) is 19.4 Å². The summed E-state index contributed by atoms with van der Waals surface area (Å²) >= 11 is 9.55. The predicted octanol–water partition coefficient (Wildman–Crippen LogP) is 5.00. The lowest BCUT2D eigenvalue weighted by Gasteiger charge is -2.19. The summed E-state index contributed by atoms with van der Waals surface area (Å²) in [6.45, 7) is 3.07. The first kappa shape index (κ1) is 14.6. The maximum atomic E-state index is 6.06. The van der Waals surface area contributed by atoms with Gasteiger partial charge in [-0.3, -0.25) is 0 Å². The number of rotatable bonds is 5. The Balaban J connectivity index is 2.21. The zero-order valence-corrected chi connectivity index (χ0v) is 13.2. The third-order valence-electron chi connectivity index (χ3n) is 3.08. The lowest BCUT2D eigenvalue weighted by molar-refractivity contribution is 0.549. The van der Waals surface area contributed by atoms with Crippen molar-refractivity contribution < 1.29 is 0 Å². The van der Waals surface area contributed by atoms with Gasteiger partial charge in [0.2, 0.25) is 0 Å². The molecule has 0 heterocycles. The van der Waals surface area contributed by atoms with E-state index in [1.54, 1.807) is 0 Å². The molecular formula is C16H17BrClN. The summed E-state index contributed by atoms with van der Waals surface area (Å²) in [7, 11) is 0. The molecular weight excluding hydrogens is 322 g/mol. The van der Waals surface area contributed by atoms with Crippen molar-refractivity contribution in [2.75, 3.05) is 6.54 Å². The number of halogens is 2. The molecule has 0 spiro atoms. The van der Waals surface area contributed by atoms with Crippen molar-refractivity contribution in [1.29, 1.82) is 0 Å². The van der Waals surface area contributed by atoms with Gasteiger partial charge in [-0.1, -0.05) is 54.9 Å². The van der Waals surface area contributed by atoms with E-state index in [1.807, 2.05) is 12.1 Å². The van der Waals surface area contributed by atoms with Crippen molar-refractivity contribution in [1.82, 2.24) is 5.32 Å². The summed E-state index contributed by atoms with van der Waals surface area (Å²) < 4.78 is 0.947. The highest BCUT2D eigenvalue weighted by molar-refractivity contribution is 9.10. The summed E-state index contributed by atoms with van der Waals surface area (Å²) in [5.74, 6) is 0. The minimum absolute atomic E-state index is 0.306. The highest BCUT2D eigenvalue weighted by Gasteiger charge is 2.12. The van der Waals surface area contributed by atoms with Gasteiger partial charge in [0, 0.05) is 10.5 Å². The van der Waals surface area contributed by atoms with Crippen LogP contribution in [0.5, 0.6) is 0 Å². The third kappa shape index (κ3) is 4.07. The summed E-state index contributed by atoms with van der Waals surface area (Å²) in [5.41, 5.74) is 2.58. The van der Waals surface area contributed by atoms with Crippen LogP contribution >= 0.6 is 27.5 Å². The van der Waals surface area contributed by atoms with Gasteiger partial charge in [-0.05, 0) is 52.2 Å². The van der Waals surface area contributed by atoms with Crippen LogP contribution in [0.2, 0.25) is 5.02 Å². The van der Waals surface area contributed by atoms with E-state index >= 15 is 0 Å². The molecule has 2 rings (SSSR count). The Bertz CT molecular complexity index is 528. The van der Waals surface area contributed by atoms with Gasteiger partial charge in [-0.25, -0.2) is 0 Å². The summed E-state index contributed by atoms with van der Waals surface area (Å²) in [6.07, 6.45) is 0.975. The average Bonchev–Trinajstić information content (AvgIpc) is 2.43. The van der Waals surface area contributed by atoms with Gasteiger partial charge in [0.15, 0.2) is 0 Å². The topological polar surface area (TPSA) is 12.0 Å². The van der Waals surface area contributed by atoms with Gasteiger partial charge in [-0.2, -0.15) is 0 Å². The van der Waals surface area contributed by atoms with Gasteiger partial charge < -0.3 is 5.32 Å². The van der Waals surface area contributed by atoms with Crippen molar-refractivity contribution >= 4 is 27.5 Å². The smallest absolute Gasteiger partial charge is 0.0548 e. The minimum Gasteiger partial charge on any atom is -0.310 e. The number of nitrogens with one attached hydrogen (secondary N) is 1. The third-order valence-corrected chi connectivity index (χ3v) is 4.29. The molecule has 0 saturated heterocycles. The molecule has 1 atom stereocenters. The van der Waals surface area contributed by atoms with E-state index in [2.05, 4.69) is 64.6 Å². The van der Waals surface area contributed by atoms with Gasteiger partial charge in [-0.15, -0.1) is 0 Å². The molecule has 19 heavy (non-hydrogen) atoms. The fourth-order valence-corrected chi connectivity index (χ4v) is 2.65. The van der Waals surface area contributed by atoms with Crippen LogP contribution in [-0.4, -0.2) is 6.54 Å². The van der Waals surface area contributed by atoms with Crippen LogP contribution in [0.15, 0.2) is 53.0 Å². The molecule has 0 aromatic heterocycles. The van der Waals surface area contributed by atoms with Crippen molar-refractivity contribution in [3.63, 3.8) is 0 Å². The highest BCUT2D eigenvalue weighted by atomic mass is 79.9. The molecule has 1 unspecified atom stereocenters. The number of likely N-dealkylation sites (N-methyl/N-ethyl adjacent to an activating group) is 1. The van der Waals surface area contributed by atoms with Crippen LogP contribution in [0.4, 0.5) is 0 Å². The maximum Gasteiger partial charge on any atom is 0.0548 e. The van der Waals surface area contributed by atoms with Crippen LogP contribution in [0.1, 0.15) is 24.1 Å². The fraction of sp³-hybridized carbons (Fsp3) is 0.250. The first-order valence-electron chi connectivity index (χ1n) is 6.43. The first-order valence-corrected chi connectivity index (χ1v) is 7.60. The van der Waals surface area contributed by atoms with Crippen LogP contribution in [0, 0.1) is 0 Å². The van der Waals surface area contributed by atoms with Crippen LogP contribution in [-0.2, 0) is 6.42 Å². The molecule has 0 radical (unpaired) electrons. The molecule has 0 aliphatic carbocycles. The van der Waals surface area contributed by atoms with E-state index in [0.29, 0.717) is 6.04 Å². The molecule has 3 heteroatoms.